The van der Waals surface area contributed by atoms with Gasteiger partial charge in [-0.05, 0) is 30.5 Å². The van der Waals surface area contributed by atoms with Crippen molar-refractivity contribution in [3.63, 3.8) is 0 Å². The van der Waals surface area contributed by atoms with Crippen molar-refractivity contribution in [3.05, 3.63) is 42.1 Å². The summed E-state index contributed by atoms with van der Waals surface area (Å²) in [6.07, 6.45) is 13.6. The molecule has 144 valence electrons. The normalized spacial score (nSPS) is 11.3. The predicted molar refractivity (Wildman–Crippen MR) is 113 cm³/mol. The van der Waals surface area contributed by atoms with Crippen molar-refractivity contribution < 1.29 is 0 Å². The van der Waals surface area contributed by atoms with Crippen molar-refractivity contribution in [2.24, 2.45) is 0 Å². The lowest BCUT2D eigenvalue weighted by Gasteiger charge is -2.06. The molecule has 0 aliphatic heterocycles. The molecule has 0 aliphatic rings. The number of para-hydroxylation sites is 1. The molecular weight excluding hydrogens is 332 g/mol. The molecule has 2 aromatic heterocycles. The second-order valence-electron chi connectivity index (χ2n) is 7.38. The minimum Gasteiger partial charge on any atom is -0.252 e. The quantitative estimate of drug-likeness (QED) is 0.381. The average molecular weight is 365 g/mol. The van der Waals surface area contributed by atoms with Gasteiger partial charge in [0.1, 0.15) is 5.69 Å². The van der Waals surface area contributed by atoms with Crippen LogP contribution in [0, 0.1) is 0 Å². The number of hydrogen-bond acceptors (Lipinski definition) is 3. The summed E-state index contributed by atoms with van der Waals surface area (Å²) in [5.74, 6) is 0. The highest BCUT2D eigenvalue weighted by Gasteiger charge is 2.11. The molecule has 0 unspecified atom stereocenters. The van der Waals surface area contributed by atoms with E-state index in [-0.39, 0.29) is 0 Å². The highest BCUT2D eigenvalue weighted by Crippen LogP contribution is 2.24. The zero-order chi connectivity index (χ0) is 18.9. The van der Waals surface area contributed by atoms with E-state index in [1.54, 1.807) is 0 Å². The minimum absolute atomic E-state index is 0.886. The Kier molecular flexibility index (Phi) is 7.37. The summed E-state index contributed by atoms with van der Waals surface area (Å²) >= 11 is 0. The van der Waals surface area contributed by atoms with Crippen molar-refractivity contribution in [1.29, 1.82) is 0 Å². The van der Waals surface area contributed by atoms with Crippen LogP contribution in [0.5, 0.6) is 0 Å². The first-order valence-corrected chi connectivity index (χ1v) is 10.6. The van der Waals surface area contributed by atoms with Gasteiger partial charge in [-0.1, -0.05) is 82.2 Å². The fourth-order valence-electron chi connectivity index (χ4n) is 3.57. The lowest BCUT2D eigenvalue weighted by atomic mass is 10.1. The number of nitrogens with zero attached hydrogens (tertiary/aromatic N) is 4. The number of benzene rings is 1. The summed E-state index contributed by atoms with van der Waals surface area (Å²) in [4.78, 5) is 4.86. The van der Waals surface area contributed by atoms with E-state index < -0.39 is 0 Å². The molecule has 0 aliphatic carbocycles. The molecule has 0 bridgehead atoms. The maximum atomic E-state index is 4.86. The van der Waals surface area contributed by atoms with Crippen LogP contribution in [0.3, 0.4) is 0 Å². The fourth-order valence-corrected chi connectivity index (χ4v) is 3.57. The summed E-state index contributed by atoms with van der Waals surface area (Å²) in [6, 6.07) is 10.5. The Morgan fingerprint density at radius 1 is 0.889 bits per heavy atom. The molecule has 4 heteroatoms. The predicted octanol–water partition coefficient (Wildman–Crippen LogP) is 6.20. The smallest absolute Gasteiger partial charge is 0.131 e. The molecule has 0 fully saturated rings. The second-order valence-corrected chi connectivity index (χ2v) is 7.38. The van der Waals surface area contributed by atoms with Crippen LogP contribution in [0.2, 0.25) is 0 Å². The Hall–Kier alpha value is -2.23. The minimum atomic E-state index is 0.886. The van der Waals surface area contributed by atoms with E-state index in [0.29, 0.717) is 0 Å². The molecule has 3 rings (SSSR count). The molecule has 0 radical (unpaired) electrons. The van der Waals surface area contributed by atoms with Gasteiger partial charge in [0.2, 0.25) is 0 Å². The largest absolute Gasteiger partial charge is 0.252 e. The van der Waals surface area contributed by atoms with Crippen molar-refractivity contribution in [2.75, 3.05) is 0 Å². The third-order valence-corrected chi connectivity index (χ3v) is 5.21. The molecule has 0 saturated carbocycles. The molecule has 0 N–H and O–H groups in total. The Morgan fingerprint density at radius 2 is 1.63 bits per heavy atom. The van der Waals surface area contributed by atoms with Gasteiger partial charge in [0, 0.05) is 11.9 Å². The molecule has 0 saturated heterocycles. The van der Waals surface area contributed by atoms with Crippen LogP contribution in [0.4, 0.5) is 0 Å². The van der Waals surface area contributed by atoms with Crippen LogP contribution in [0.15, 0.2) is 36.5 Å². The van der Waals surface area contributed by atoms with Crippen LogP contribution >= 0.6 is 0 Å². The van der Waals surface area contributed by atoms with E-state index >= 15 is 0 Å². The lowest BCUT2D eigenvalue weighted by Crippen LogP contribution is -1.98. The highest BCUT2D eigenvalue weighted by molar-refractivity contribution is 5.82. The molecular formula is C23H32N4. The van der Waals surface area contributed by atoms with E-state index in [4.69, 9.17) is 4.98 Å². The van der Waals surface area contributed by atoms with E-state index in [9.17, 15) is 0 Å². The Morgan fingerprint density at radius 3 is 2.41 bits per heavy atom. The van der Waals surface area contributed by atoms with Crippen LogP contribution in [0.25, 0.3) is 22.3 Å². The standard InChI is InChI=1S/C23H32N4/c1-3-5-6-7-8-9-10-13-16-27-18-22(25-26-27)23-19(4-2)17-20-14-11-12-15-21(20)24-23/h11-12,14-15,17-18H,3-10,13,16H2,1-2H3. The number of aryl methyl sites for hydroxylation is 2. The SMILES string of the molecule is CCCCCCCCCCn1cc(-c2nc3ccccc3cc2CC)nn1. The third kappa shape index (κ3) is 5.38. The van der Waals surface area contributed by atoms with E-state index in [2.05, 4.69) is 54.6 Å². The van der Waals surface area contributed by atoms with Crippen molar-refractivity contribution in [2.45, 2.75) is 78.2 Å². The average Bonchev–Trinajstić information content (AvgIpc) is 3.17. The van der Waals surface area contributed by atoms with Crippen LogP contribution in [-0.2, 0) is 13.0 Å². The van der Waals surface area contributed by atoms with Gasteiger partial charge in [-0.25, -0.2) is 4.98 Å². The molecule has 1 aromatic carbocycles. The van der Waals surface area contributed by atoms with Gasteiger partial charge in [-0.15, -0.1) is 5.10 Å². The fraction of sp³-hybridized carbons (Fsp3) is 0.522. The summed E-state index contributed by atoms with van der Waals surface area (Å²) in [5, 5.41) is 9.92. The summed E-state index contributed by atoms with van der Waals surface area (Å²) in [6.45, 7) is 5.38. The van der Waals surface area contributed by atoms with Gasteiger partial charge in [-0.3, -0.25) is 4.68 Å². The van der Waals surface area contributed by atoms with Gasteiger partial charge >= 0.3 is 0 Å². The summed E-state index contributed by atoms with van der Waals surface area (Å²) < 4.78 is 1.97. The second kappa shape index (κ2) is 10.2. The first-order chi connectivity index (χ1) is 13.3. The Balaban J connectivity index is 1.57. The zero-order valence-corrected chi connectivity index (χ0v) is 16.8. The van der Waals surface area contributed by atoms with Crippen molar-refractivity contribution in [1.82, 2.24) is 20.0 Å². The maximum Gasteiger partial charge on any atom is 0.131 e. The molecule has 27 heavy (non-hydrogen) atoms. The van der Waals surface area contributed by atoms with Crippen LogP contribution in [0.1, 0.15) is 70.8 Å². The van der Waals surface area contributed by atoms with Crippen molar-refractivity contribution in [3.8, 4) is 11.4 Å². The first-order valence-electron chi connectivity index (χ1n) is 10.6. The van der Waals surface area contributed by atoms with Gasteiger partial charge < -0.3 is 0 Å². The maximum absolute atomic E-state index is 4.86. The van der Waals surface area contributed by atoms with Gasteiger partial charge in [0.25, 0.3) is 0 Å². The highest BCUT2D eigenvalue weighted by atomic mass is 15.4. The first kappa shape index (κ1) is 19.5. The Labute approximate surface area is 163 Å². The molecule has 0 atom stereocenters. The topological polar surface area (TPSA) is 43.6 Å². The lowest BCUT2D eigenvalue weighted by molar-refractivity contribution is 0.511. The number of hydrogen-bond donors (Lipinski definition) is 0. The number of fused-ring (bicyclic) bond motifs is 1. The number of rotatable bonds is 11. The zero-order valence-electron chi connectivity index (χ0n) is 16.8. The van der Waals surface area contributed by atoms with Gasteiger partial charge in [0.15, 0.2) is 0 Å². The third-order valence-electron chi connectivity index (χ3n) is 5.21. The van der Waals surface area contributed by atoms with Gasteiger partial charge in [-0.2, -0.15) is 0 Å². The summed E-state index contributed by atoms with van der Waals surface area (Å²) in [7, 11) is 0. The Bertz CT molecular complexity index is 837. The van der Waals surface area contributed by atoms with Gasteiger partial charge in [0.05, 0.1) is 17.4 Å². The number of unbranched alkanes of at least 4 members (excludes halogenated alkanes) is 7. The molecule has 0 spiro atoms. The number of aromatic nitrogens is 4. The molecule has 0 amide bonds. The monoisotopic (exact) mass is 364 g/mol. The van der Waals surface area contributed by atoms with E-state index in [0.717, 1.165) is 29.9 Å². The number of pyridine rings is 1. The molecule has 4 nitrogen and oxygen atoms in total. The van der Waals surface area contributed by atoms with Crippen LogP contribution < -0.4 is 0 Å². The molecule has 2 heterocycles. The molecule has 3 aromatic rings. The van der Waals surface area contributed by atoms with Crippen LogP contribution in [-0.4, -0.2) is 20.0 Å². The summed E-state index contributed by atoms with van der Waals surface area (Å²) in [5.41, 5.74) is 4.10. The van der Waals surface area contributed by atoms with E-state index in [1.165, 1.54) is 62.3 Å². The van der Waals surface area contributed by atoms with E-state index in [1.807, 2.05) is 10.7 Å². The van der Waals surface area contributed by atoms with Crippen molar-refractivity contribution >= 4 is 10.9 Å².